The zero-order chi connectivity index (χ0) is 13.8. The number of pyridine rings is 1. The summed E-state index contributed by atoms with van der Waals surface area (Å²) < 4.78 is 13.4. The molecule has 1 aromatic heterocycles. The quantitative estimate of drug-likeness (QED) is 0.911. The first kappa shape index (κ1) is 13.5. The SMILES string of the molecule is CNc1ccnc(C(=O)Nc2ccc(F)cc2Br)c1. The lowest BCUT2D eigenvalue weighted by atomic mass is 10.2. The van der Waals surface area contributed by atoms with Crippen LogP contribution in [0.25, 0.3) is 0 Å². The summed E-state index contributed by atoms with van der Waals surface area (Å²) in [6.07, 6.45) is 1.54. The summed E-state index contributed by atoms with van der Waals surface area (Å²) in [5.41, 5.74) is 1.56. The van der Waals surface area contributed by atoms with Gasteiger partial charge in [0.1, 0.15) is 11.5 Å². The molecule has 6 heteroatoms. The molecule has 0 radical (unpaired) electrons. The van der Waals surface area contributed by atoms with Crippen LogP contribution in [0.4, 0.5) is 15.8 Å². The van der Waals surface area contributed by atoms with Crippen LogP contribution in [0.3, 0.4) is 0 Å². The largest absolute Gasteiger partial charge is 0.388 e. The minimum absolute atomic E-state index is 0.281. The number of nitrogens with zero attached hydrogens (tertiary/aromatic N) is 1. The van der Waals surface area contributed by atoms with Crippen molar-refractivity contribution in [1.82, 2.24) is 4.98 Å². The van der Waals surface area contributed by atoms with Crippen molar-refractivity contribution < 1.29 is 9.18 Å². The van der Waals surface area contributed by atoms with Crippen LogP contribution in [0, 0.1) is 5.82 Å². The first-order valence-electron chi connectivity index (χ1n) is 5.50. The van der Waals surface area contributed by atoms with E-state index >= 15 is 0 Å². The summed E-state index contributed by atoms with van der Waals surface area (Å²) in [7, 11) is 1.76. The molecule has 0 aliphatic carbocycles. The molecule has 2 aromatic rings. The van der Waals surface area contributed by atoms with Crippen LogP contribution < -0.4 is 10.6 Å². The van der Waals surface area contributed by atoms with Gasteiger partial charge in [-0.25, -0.2) is 4.39 Å². The van der Waals surface area contributed by atoms with E-state index in [2.05, 4.69) is 31.5 Å². The molecular formula is C13H11BrFN3O. The lowest BCUT2D eigenvalue weighted by Crippen LogP contribution is -2.14. The monoisotopic (exact) mass is 323 g/mol. The minimum Gasteiger partial charge on any atom is -0.388 e. The molecule has 0 unspecified atom stereocenters. The first-order valence-corrected chi connectivity index (χ1v) is 6.29. The highest BCUT2D eigenvalue weighted by Crippen LogP contribution is 2.23. The Morgan fingerprint density at radius 3 is 2.79 bits per heavy atom. The zero-order valence-electron chi connectivity index (χ0n) is 10.1. The molecule has 98 valence electrons. The Labute approximate surface area is 118 Å². The maximum atomic E-state index is 12.9. The number of halogens is 2. The average molecular weight is 324 g/mol. The third-order valence-corrected chi connectivity index (χ3v) is 3.12. The Morgan fingerprint density at radius 2 is 2.11 bits per heavy atom. The summed E-state index contributed by atoms with van der Waals surface area (Å²) in [6, 6.07) is 7.43. The minimum atomic E-state index is -0.375. The molecule has 0 fully saturated rings. The van der Waals surface area contributed by atoms with Crippen molar-refractivity contribution in [3.8, 4) is 0 Å². The number of nitrogens with one attached hydrogen (secondary N) is 2. The molecule has 1 amide bonds. The van der Waals surface area contributed by atoms with Gasteiger partial charge in [-0.3, -0.25) is 9.78 Å². The number of carbonyl (C=O) groups is 1. The van der Waals surface area contributed by atoms with Gasteiger partial charge < -0.3 is 10.6 Å². The van der Waals surface area contributed by atoms with E-state index < -0.39 is 0 Å². The highest BCUT2D eigenvalue weighted by molar-refractivity contribution is 9.10. The smallest absolute Gasteiger partial charge is 0.274 e. The predicted octanol–water partition coefficient (Wildman–Crippen LogP) is 3.28. The highest BCUT2D eigenvalue weighted by atomic mass is 79.9. The zero-order valence-corrected chi connectivity index (χ0v) is 11.7. The summed E-state index contributed by atoms with van der Waals surface area (Å²) in [5.74, 6) is -0.732. The Kier molecular flexibility index (Phi) is 4.11. The topological polar surface area (TPSA) is 54.0 Å². The Morgan fingerprint density at radius 1 is 1.32 bits per heavy atom. The van der Waals surface area contributed by atoms with Crippen LogP contribution in [0.1, 0.15) is 10.5 Å². The molecule has 0 bridgehead atoms. The van der Waals surface area contributed by atoms with Crippen molar-refractivity contribution in [3.63, 3.8) is 0 Å². The Bertz CT molecular complexity index is 619. The van der Waals surface area contributed by atoms with E-state index in [4.69, 9.17) is 0 Å². The number of amides is 1. The summed E-state index contributed by atoms with van der Waals surface area (Å²) in [6.45, 7) is 0. The molecule has 0 atom stereocenters. The van der Waals surface area contributed by atoms with Crippen molar-refractivity contribution in [1.29, 1.82) is 0 Å². The fourth-order valence-corrected chi connectivity index (χ4v) is 1.94. The van der Waals surface area contributed by atoms with Crippen LogP contribution in [-0.2, 0) is 0 Å². The second-order valence-electron chi connectivity index (χ2n) is 3.76. The fourth-order valence-electron chi connectivity index (χ4n) is 1.49. The van der Waals surface area contributed by atoms with Gasteiger partial charge in [0.25, 0.3) is 5.91 Å². The normalized spacial score (nSPS) is 10.1. The van der Waals surface area contributed by atoms with E-state index in [-0.39, 0.29) is 17.4 Å². The molecule has 19 heavy (non-hydrogen) atoms. The van der Waals surface area contributed by atoms with Gasteiger partial charge in [-0.05, 0) is 46.3 Å². The van der Waals surface area contributed by atoms with E-state index in [1.807, 2.05) is 0 Å². The van der Waals surface area contributed by atoms with Gasteiger partial charge in [-0.1, -0.05) is 0 Å². The van der Waals surface area contributed by atoms with E-state index in [9.17, 15) is 9.18 Å². The van der Waals surface area contributed by atoms with Crippen molar-refractivity contribution in [3.05, 3.63) is 52.5 Å². The van der Waals surface area contributed by atoms with Gasteiger partial charge in [-0.15, -0.1) is 0 Å². The van der Waals surface area contributed by atoms with Crippen LogP contribution in [-0.4, -0.2) is 17.9 Å². The Balaban J connectivity index is 2.20. The predicted molar refractivity (Wildman–Crippen MR) is 75.8 cm³/mol. The molecule has 2 rings (SSSR count). The van der Waals surface area contributed by atoms with Crippen LogP contribution in [0.2, 0.25) is 0 Å². The van der Waals surface area contributed by atoms with Crippen LogP contribution in [0.5, 0.6) is 0 Å². The summed E-state index contributed by atoms with van der Waals surface area (Å²) in [5, 5.41) is 5.59. The van der Waals surface area contributed by atoms with E-state index in [1.165, 1.54) is 18.2 Å². The molecule has 0 saturated heterocycles. The fraction of sp³-hybridized carbons (Fsp3) is 0.0769. The molecule has 1 aromatic carbocycles. The van der Waals surface area contributed by atoms with Crippen molar-refractivity contribution in [2.75, 3.05) is 17.7 Å². The molecule has 0 saturated carbocycles. The van der Waals surface area contributed by atoms with Crippen molar-refractivity contribution in [2.45, 2.75) is 0 Å². The van der Waals surface area contributed by atoms with Crippen LogP contribution >= 0.6 is 15.9 Å². The van der Waals surface area contributed by atoms with Gasteiger partial charge in [0.2, 0.25) is 0 Å². The summed E-state index contributed by atoms with van der Waals surface area (Å²) >= 11 is 3.19. The maximum Gasteiger partial charge on any atom is 0.274 e. The first-order chi connectivity index (χ1) is 9.10. The van der Waals surface area contributed by atoms with Gasteiger partial charge in [0.15, 0.2) is 0 Å². The molecule has 0 spiro atoms. The second-order valence-corrected chi connectivity index (χ2v) is 4.61. The number of anilines is 2. The molecule has 0 aliphatic heterocycles. The highest BCUT2D eigenvalue weighted by Gasteiger charge is 2.10. The van der Waals surface area contributed by atoms with Gasteiger partial charge in [0, 0.05) is 23.4 Å². The van der Waals surface area contributed by atoms with Crippen LogP contribution in [0.15, 0.2) is 41.0 Å². The number of carbonyl (C=O) groups excluding carboxylic acids is 1. The lowest BCUT2D eigenvalue weighted by molar-refractivity contribution is 0.102. The Hall–Kier alpha value is -1.95. The third kappa shape index (κ3) is 3.29. The molecule has 2 N–H and O–H groups in total. The lowest BCUT2D eigenvalue weighted by Gasteiger charge is -2.08. The van der Waals surface area contributed by atoms with Crippen molar-refractivity contribution in [2.24, 2.45) is 0 Å². The maximum absolute atomic E-state index is 12.9. The number of hydrogen-bond donors (Lipinski definition) is 2. The van der Waals surface area contributed by atoms with E-state index in [1.54, 1.807) is 25.4 Å². The molecular weight excluding hydrogens is 313 g/mol. The van der Waals surface area contributed by atoms with E-state index in [0.29, 0.717) is 10.2 Å². The number of hydrogen-bond acceptors (Lipinski definition) is 3. The van der Waals surface area contributed by atoms with E-state index in [0.717, 1.165) is 5.69 Å². The number of aromatic nitrogens is 1. The average Bonchev–Trinajstić information content (AvgIpc) is 2.42. The van der Waals surface area contributed by atoms with Gasteiger partial charge in [0.05, 0.1) is 5.69 Å². The molecule has 1 heterocycles. The van der Waals surface area contributed by atoms with Gasteiger partial charge in [-0.2, -0.15) is 0 Å². The number of rotatable bonds is 3. The summed E-state index contributed by atoms with van der Waals surface area (Å²) in [4.78, 5) is 16.0. The molecule has 4 nitrogen and oxygen atoms in total. The third-order valence-electron chi connectivity index (χ3n) is 2.46. The van der Waals surface area contributed by atoms with Gasteiger partial charge >= 0.3 is 0 Å². The number of benzene rings is 1. The van der Waals surface area contributed by atoms with Crippen molar-refractivity contribution >= 4 is 33.2 Å². The standard InChI is InChI=1S/C13H11BrFN3O/c1-16-9-4-5-17-12(7-9)13(19)18-11-3-2-8(15)6-10(11)14/h2-7H,1H3,(H,16,17)(H,18,19). The second kappa shape index (κ2) is 5.79. The molecule has 0 aliphatic rings.